The van der Waals surface area contributed by atoms with Gasteiger partial charge in [-0.3, -0.25) is 19.3 Å². The molecule has 7 nitrogen and oxygen atoms in total. The summed E-state index contributed by atoms with van der Waals surface area (Å²) in [6.45, 7) is 8.05. The summed E-state index contributed by atoms with van der Waals surface area (Å²) in [4.78, 5) is 31.9. The molecule has 9 heteroatoms. The molecule has 4 rings (SSSR count). The number of alkyl halides is 2. The molecular weight excluding hydrogens is 416 g/mol. The van der Waals surface area contributed by atoms with Gasteiger partial charge in [0.2, 0.25) is 5.92 Å². The standard InChI is InChI=1S/C23H27F2N5O2/c1-12-19(15-11-16(31)17-14(28-15)7-10-27-18(17)21(26)32)30(29-20(12)22(2,3)4)13-5-8-23(24,25)9-6-13/h7,10-11,13H,5-6,8-9H2,1-4H3,(H2,26,32)(H,28,31). The quantitative estimate of drug-likeness (QED) is 0.631. The maximum absolute atomic E-state index is 13.8. The minimum atomic E-state index is -2.65. The fourth-order valence-electron chi connectivity index (χ4n) is 4.60. The minimum Gasteiger partial charge on any atom is -0.364 e. The number of nitrogens with zero attached hydrogens (tertiary/aromatic N) is 3. The predicted octanol–water partition coefficient (Wildman–Crippen LogP) is 4.24. The monoisotopic (exact) mass is 443 g/mol. The number of nitrogens with two attached hydrogens (primary N) is 1. The van der Waals surface area contributed by atoms with Crippen molar-refractivity contribution < 1.29 is 13.6 Å². The molecule has 32 heavy (non-hydrogen) atoms. The number of H-pyrrole nitrogens is 1. The Kier molecular flexibility index (Phi) is 5.18. The number of nitrogens with one attached hydrogen (secondary N) is 1. The molecule has 0 aromatic carbocycles. The van der Waals surface area contributed by atoms with Crippen LogP contribution in [0.3, 0.4) is 0 Å². The van der Waals surface area contributed by atoms with Crippen molar-refractivity contribution in [2.24, 2.45) is 5.73 Å². The van der Waals surface area contributed by atoms with E-state index in [0.29, 0.717) is 29.7 Å². The first kappa shape index (κ1) is 22.1. The number of pyridine rings is 2. The fourth-order valence-corrected chi connectivity index (χ4v) is 4.60. The molecule has 0 aliphatic heterocycles. The molecular formula is C23H27F2N5O2. The lowest BCUT2D eigenvalue weighted by atomic mass is 9.88. The van der Waals surface area contributed by atoms with Crippen molar-refractivity contribution in [1.82, 2.24) is 19.7 Å². The number of rotatable bonds is 3. The van der Waals surface area contributed by atoms with Crippen molar-refractivity contribution in [3.8, 4) is 11.4 Å². The van der Waals surface area contributed by atoms with Crippen molar-refractivity contribution in [2.75, 3.05) is 0 Å². The zero-order valence-corrected chi connectivity index (χ0v) is 18.6. The number of aromatic amines is 1. The third kappa shape index (κ3) is 3.80. The van der Waals surface area contributed by atoms with E-state index in [4.69, 9.17) is 10.8 Å². The smallest absolute Gasteiger partial charge is 0.268 e. The third-order valence-electron chi connectivity index (χ3n) is 6.12. The molecule has 0 saturated heterocycles. The zero-order valence-electron chi connectivity index (χ0n) is 18.6. The Hall–Kier alpha value is -3.10. The van der Waals surface area contributed by atoms with Crippen molar-refractivity contribution in [1.29, 1.82) is 0 Å². The zero-order chi connectivity index (χ0) is 23.4. The van der Waals surface area contributed by atoms with E-state index in [-0.39, 0.29) is 35.4 Å². The highest BCUT2D eigenvalue weighted by molar-refractivity contribution is 6.03. The van der Waals surface area contributed by atoms with Gasteiger partial charge >= 0.3 is 0 Å². The molecule has 1 aliphatic carbocycles. The number of fused-ring (bicyclic) bond motifs is 1. The molecule has 1 amide bonds. The van der Waals surface area contributed by atoms with E-state index in [1.165, 1.54) is 12.3 Å². The maximum Gasteiger partial charge on any atom is 0.268 e. The van der Waals surface area contributed by atoms with Gasteiger partial charge in [-0.05, 0) is 25.8 Å². The molecule has 0 atom stereocenters. The SMILES string of the molecule is Cc1c(C(C)(C)C)nn(C2CCC(F)(F)CC2)c1-c1cc(=O)c2c(C(N)=O)nccc2[nH]1. The summed E-state index contributed by atoms with van der Waals surface area (Å²) in [7, 11) is 0. The Labute approximate surface area is 184 Å². The summed E-state index contributed by atoms with van der Waals surface area (Å²) >= 11 is 0. The van der Waals surface area contributed by atoms with Crippen LogP contribution in [0, 0.1) is 6.92 Å². The van der Waals surface area contributed by atoms with Crippen LogP contribution in [0.4, 0.5) is 8.78 Å². The maximum atomic E-state index is 13.8. The van der Waals surface area contributed by atoms with Gasteiger partial charge in [0.05, 0.1) is 34.0 Å². The van der Waals surface area contributed by atoms with E-state index in [1.807, 2.05) is 27.7 Å². The molecule has 0 radical (unpaired) electrons. The normalized spacial score (nSPS) is 17.1. The second-order valence-corrected chi connectivity index (χ2v) is 9.60. The average molecular weight is 443 g/mol. The van der Waals surface area contributed by atoms with E-state index in [9.17, 15) is 18.4 Å². The molecule has 0 bridgehead atoms. The molecule has 3 heterocycles. The van der Waals surface area contributed by atoms with E-state index in [1.54, 1.807) is 10.7 Å². The fraction of sp³-hybridized carbons (Fsp3) is 0.478. The number of hydrogen-bond donors (Lipinski definition) is 2. The van der Waals surface area contributed by atoms with Gasteiger partial charge in [0.15, 0.2) is 5.43 Å². The summed E-state index contributed by atoms with van der Waals surface area (Å²) in [6, 6.07) is 2.81. The number of halogens is 2. The van der Waals surface area contributed by atoms with Crippen LogP contribution in [0.1, 0.15) is 74.2 Å². The minimum absolute atomic E-state index is 0.0922. The van der Waals surface area contributed by atoms with Crippen LogP contribution >= 0.6 is 0 Å². The number of carbonyl (C=O) groups excluding carboxylic acids is 1. The Morgan fingerprint density at radius 2 is 1.94 bits per heavy atom. The number of primary amides is 1. The van der Waals surface area contributed by atoms with E-state index in [0.717, 1.165) is 11.3 Å². The second-order valence-electron chi connectivity index (χ2n) is 9.60. The molecule has 3 N–H and O–H groups in total. The molecule has 1 saturated carbocycles. The summed E-state index contributed by atoms with van der Waals surface area (Å²) in [5.41, 5.74) is 7.99. The summed E-state index contributed by atoms with van der Waals surface area (Å²) in [6.07, 6.45) is 1.64. The van der Waals surface area contributed by atoms with Gasteiger partial charge in [-0.2, -0.15) is 5.10 Å². The van der Waals surface area contributed by atoms with Crippen molar-refractivity contribution >= 4 is 16.8 Å². The Morgan fingerprint density at radius 3 is 2.53 bits per heavy atom. The van der Waals surface area contributed by atoms with Gasteiger partial charge in [-0.15, -0.1) is 0 Å². The van der Waals surface area contributed by atoms with Crippen LogP contribution in [0.25, 0.3) is 22.3 Å². The molecule has 0 unspecified atom stereocenters. The van der Waals surface area contributed by atoms with E-state index >= 15 is 0 Å². The number of amides is 1. The Balaban J connectivity index is 1.93. The van der Waals surface area contributed by atoms with Gasteiger partial charge in [-0.25, -0.2) is 8.78 Å². The first-order valence-corrected chi connectivity index (χ1v) is 10.7. The highest BCUT2D eigenvalue weighted by Crippen LogP contribution is 2.42. The van der Waals surface area contributed by atoms with Gasteiger partial charge in [-0.1, -0.05) is 20.8 Å². The molecule has 170 valence electrons. The lowest BCUT2D eigenvalue weighted by Crippen LogP contribution is -2.27. The molecule has 1 aliphatic rings. The predicted molar refractivity (Wildman–Crippen MR) is 118 cm³/mol. The second kappa shape index (κ2) is 7.50. The van der Waals surface area contributed by atoms with Gasteiger partial charge < -0.3 is 10.7 Å². The summed E-state index contributed by atoms with van der Waals surface area (Å²) in [5, 5.41) is 4.97. The van der Waals surface area contributed by atoms with Gasteiger partial charge in [0.1, 0.15) is 5.69 Å². The summed E-state index contributed by atoms with van der Waals surface area (Å²) < 4.78 is 29.4. The molecule has 0 spiro atoms. The highest BCUT2D eigenvalue weighted by Gasteiger charge is 2.38. The third-order valence-corrected chi connectivity index (χ3v) is 6.12. The summed E-state index contributed by atoms with van der Waals surface area (Å²) in [5.74, 6) is -3.44. The number of hydrogen-bond acceptors (Lipinski definition) is 4. The topological polar surface area (TPSA) is 107 Å². The van der Waals surface area contributed by atoms with Gasteiger partial charge in [0, 0.05) is 36.1 Å². The highest BCUT2D eigenvalue weighted by atomic mass is 19.3. The Morgan fingerprint density at radius 1 is 1.28 bits per heavy atom. The van der Waals surface area contributed by atoms with Crippen LogP contribution in [-0.4, -0.2) is 31.6 Å². The van der Waals surface area contributed by atoms with E-state index < -0.39 is 17.3 Å². The van der Waals surface area contributed by atoms with Crippen molar-refractivity contribution in [2.45, 2.75) is 70.8 Å². The number of carbonyl (C=O) groups is 1. The van der Waals surface area contributed by atoms with Crippen LogP contribution in [-0.2, 0) is 5.41 Å². The number of aromatic nitrogens is 4. The first-order valence-electron chi connectivity index (χ1n) is 10.7. The lowest BCUT2D eigenvalue weighted by Gasteiger charge is -2.29. The Bertz CT molecular complexity index is 1260. The lowest BCUT2D eigenvalue weighted by molar-refractivity contribution is -0.0449. The van der Waals surface area contributed by atoms with Gasteiger partial charge in [0.25, 0.3) is 5.91 Å². The van der Waals surface area contributed by atoms with Crippen molar-refractivity contribution in [3.05, 3.63) is 45.5 Å². The largest absolute Gasteiger partial charge is 0.364 e. The average Bonchev–Trinajstić information content (AvgIpc) is 3.04. The molecule has 3 aromatic rings. The van der Waals surface area contributed by atoms with Crippen LogP contribution in [0.5, 0.6) is 0 Å². The first-order chi connectivity index (χ1) is 14.9. The van der Waals surface area contributed by atoms with Crippen molar-refractivity contribution in [3.63, 3.8) is 0 Å². The van der Waals surface area contributed by atoms with Crippen LogP contribution in [0.15, 0.2) is 23.1 Å². The molecule has 1 fully saturated rings. The van der Waals surface area contributed by atoms with Crippen LogP contribution < -0.4 is 11.2 Å². The van der Waals surface area contributed by atoms with E-state index in [2.05, 4.69) is 9.97 Å². The molecule has 3 aromatic heterocycles. The van der Waals surface area contributed by atoms with Crippen LogP contribution in [0.2, 0.25) is 0 Å².